The molecular formula is C52H30N4S. The number of thiophene rings is 1. The van der Waals surface area contributed by atoms with Crippen LogP contribution in [0.15, 0.2) is 182 Å². The molecule has 8 aromatic carbocycles. The zero-order valence-electron chi connectivity index (χ0n) is 30.5. The number of benzene rings is 8. The number of hydrogen-bond acceptors (Lipinski definition) is 3. The second-order valence-electron chi connectivity index (χ2n) is 14.9. The summed E-state index contributed by atoms with van der Waals surface area (Å²) in [5, 5.41) is 7.27. The van der Waals surface area contributed by atoms with Crippen LogP contribution in [0.4, 0.5) is 0 Å². The fourth-order valence-electron chi connectivity index (χ4n) is 9.44. The normalized spacial score (nSPS) is 12.2. The van der Waals surface area contributed by atoms with Crippen molar-refractivity contribution >= 4 is 75.1 Å². The van der Waals surface area contributed by atoms with E-state index in [0.29, 0.717) is 5.95 Å². The average Bonchev–Trinajstić information content (AvgIpc) is 3.91. The van der Waals surface area contributed by atoms with Crippen molar-refractivity contribution in [1.82, 2.24) is 19.1 Å². The molecule has 0 aliphatic carbocycles. The van der Waals surface area contributed by atoms with Crippen molar-refractivity contribution in [2.24, 2.45) is 0 Å². The van der Waals surface area contributed by atoms with Crippen molar-refractivity contribution in [3.8, 4) is 56.4 Å². The number of fused-ring (bicyclic) bond motifs is 15. The van der Waals surface area contributed by atoms with E-state index >= 15 is 0 Å². The van der Waals surface area contributed by atoms with Crippen LogP contribution in [0.25, 0.3) is 120 Å². The van der Waals surface area contributed by atoms with E-state index in [1.165, 1.54) is 80.7 Å². The molecule has 5 heteroatoms. The van der Waals surface area contributed by atoms with E-state index in [4.69, 9.17) is 9.97 Å². The summed E-state index contributed by atoms with van der Waals surface area (Å²) in [4.78, 5) is 11.0. The van der Waals surface area contributed by atoms with Gasteiger partial charge in [-0.05, 0) is 59.7 Å². The number of aromatic nitrogens is 4. The van der Waals surface area contributed by atoms with E-state index in [0.717, 1.165) is 33.5 Å². The van der Waals surface area contributed by atoms with Gasteiger partial charge in [-0.25, -0.2) is 9.97 Å². The van der Waals surface area contributed by atoms with Crippen molar-refractivity contribution in [2.45, 2.75) is 0 Å². The Balaban J connectivity index is 1.19. The van der Waals surface area contributed by atoms with Crippen molar-refractivity contribution in [3.05, 3.63) is 182 Å². The molecule has 13 rings (SSSR count). The molecule has 1 aliphatic heterocycles. The first-order valence-corrected chi connectivity index (χ1v) is 20.2. The predicted octanol–water partition coefficient (Wildman–Crippen LogP) is 14.0. The third kappa shape index (κ3) is 4.32. The molecule has 0 saturated carbocycles. The fourth-order valence-corrected chi connectivity index (χ4v) is 10.5. The molecule has 0 N–H and O–H groups in total. The standard InChI is InChI=1S/C52H30N4S/c1-2-14-31(15-3-1)42-30-43(32-26-27-48-39(28-32)37-20-9-13-25-47(37)57-48)54-52(53-42)56-45-23-11-7-19-36(45)41-29-40-34-17-5-4-16-33(34)35-18-6-10-22-44(35)55-46-24-12-8-21-38(46)49(50(40)55)51(41)56/h1-30H. The lowest BCUT2D eigenvalue weighted by atomic mass is 9.92. The van der Waals surface area contributed by atoms with Gasteiger partial charge < -0.3 is 4.57 Å². The summed E-state index contributed by atoms with van der Waals surface area (Å²) in [6.07, 6.45) is 0. The zero-order chi connectivity index (χ0) is 37.2. The molecule has 57 heavy (non-hydrogen) atoms. The number of para-hydroxylation sites is 3. The summed E-state index contributed by atoms with van der Waals surface area (Å²) in [6.45, 7) is 0. The highest BCUT2D eigenvalue weighted by Gasteiger charge is 2.29. The lowest BCUT2D eigenvalue weighted by Crippen LogP contribution is -2.04. The quantitative estimate of drug-likeness (QED) is 0.181. The van der Waals surface area contributed by atoms with Gasteiger partial charge in [-0.1, -0.05) is 133 Å². The second-order valence-corrected chi connectivity index (χ2v) is 16.0. The van der Waals surface area contributed by atoms with Crippen LogP contribution in [0, 0.1) is 0 Å². The van der Waals surface area contributed by atoms with Gasteiger partial charge in [0.2, 0.25) is 5.95 Å². The summed E-state index contributed by atoms with van der Waals surface area (Å²) in [5.41, 5.74) is 14.5. The van der Waals surface area contributed by atoms with Crippen LogP contribution in [0.3, 0.4) is 0 Å². The first-order chi connectivity index (χ1) is 28.3. The lowest BCUT2D eigenvalue weighted by molar-refractivity contribution is 0.998. The summed E-state index contributed by atoms with van der Waals surface area (Å²) >= 11 is 1.84. The molecule has 0 fully saturated rings. The van der Waals surface area contributed by atoms with E-state index in [9.17, 15) is 0 Å². The smallest absolute Gasteiger partial charge is 0.235 e. The molecule has 0 spiro atoms. The molecule has 12 aromatic rings. The summed E-state index contributed by atoms with van der Waals surface area (Å²) in [5.74, 6) is 0.648. The van der Waals surface area contributed by atoms with Crippen LogP contribution < -0.4 is 0 Å². The Labute approximate surface area is 331 Å². The molecule has 0 amide bonds. The number of rotatable bonds is 3. The van der Waals surface area contributed by atoms with Gasteiger partial charge in [0.15, 0.2) is 0 Å². The Morgan fingerprint density at radius 3 is 1.81 bits per heavy atom. The van der Waals surface area contributed by atoms with Crippen molar-refractivity contribution in [2.75, 3.05) is 0 Å². The molecule has 0 radical (unpaired) electrons. The maximum absolute atomic E-state index is 5.53. The molecule has 264 valence electrons. The Morgan fingerprint density at radius 2 is 0.982 bits per heavy atom. The predicted molar refractivity (Wildman–Crippen MR) is 239 cm³/mol. The van der Waals surface area contributed by atoms with Crippen molar-refractivity contribution in [3.63, 3.8) is 0 Å². The molecule has 0 unspecified atom stereocenters. The van der Waals surface area contributed by atoms with Gasteiger partial charge >= 0.3 is 0 Å². The Bertz CT molecular complexity index is 3640. The monoisotopic (exact) mass is 742 g/mol. The van der Waals surface area contributed by atoms with Gasteiger partial charge in [-0.15, -0.1) is 11.3 Å². The number of nitrogens with zero attached hydrogens (tertiary/aromatic N) is 4. The summed E-state index contributed by atoms with van der Waals surface area (Å²) in [7, 11) is 0. The van der Waals surface area contributed by atoms with Crippen LogP contribution in [0.2, 0.25) is 0 Å². The summed E-state index contributed by atoms with van der Waals surface area (Å²) < 4.78 is 7.39. The van der Waals surface area contributed by atoms with E-state index in [-0.39, 0.29) is 0 Å². The van der Waals surface area contributed by atoms with Gasteiger partial charge in [-0.3, -0.25) is 4.57 Å². The molecular weight excluding hydrogens is 713 g/mol. The molecule has 1 aliphatic rings. The zero-order valence-corrected chi connectivity index (χ0v) is 31.3. The lowest BCUT2D eigenvalue weighted by Gasteiger charge is -2.13. The van der Waals surface area contributed by atoms with Crippen LogP contribution in [-0.2, 0) is 0 Å². The van der Waals surface area contributed by atoms with Crippen LogP contribution >= 0.6 is 11.3 Å². The van der Waals surface area contributed by atoms with Crippen LogP contribution in [-0.4, -0.2) is 19.1 Å². The number of hydrogen-bond donors (Lipinski definition) is 0. The minimum absolute atomic E-state index is 0.648. The van der Waals surface area contributed by atoms with Gasteiger partial charge in [0.25, 0.3) is 0 Å². The van der Waals surface area contributed by atoms with Gasteiger partial charge in [-0.2, -0.15) is 0 Å². The maximum Gasteiger partial charge on any atom is 0.235 e. The second kappa shape index (κ2) is 11.6. The first-order valence-electron chi connectivity index (χ1n) is 19.3. The highest BCUT2D eigenvalue weighted by molar-refractivity contribution is 7.25. The summed E-state index contributed by atoms with van der Waals surface area (Å²) in [6, 6.07) is 65.8. The minimum atomic E-state index is 0.648. The fraction of sp³-hybridized carbons (Fsp3) is 0. The highest BCUT2D eigenvalue weighted by Crippen LogP contribution is 2.51. The van der Waals surface area contributed by atoms with Gasteiger partial charge in [0.1, 0.15) is 0 Å². The molecule has 0 atom stereocenters. The first kappa shape index (κ1) is 30.9. The average molecular weight is 743 g/mol. The third-order valence-corrected chi connectivity index (χ3v) is 13.0. The van der Waals surface area contributed by atoms with Gasteiger partial charge in [0.05, 0.1) is 39.1 Å². The topological polar surface area (TPSA) is 35.6 Å². The Hall–Kier alpha value is -7.34. The SMILES string of the molecule is c1ccc(-c2cc(-c3ccc4sc5ccccc5c4c3)nc(-n3c4ccccc4c4cc5c6c(c7ccccc7n6-c6ccccc6-c6ccccc6-5)c43)n2)cc1. The van der Waals surface area contributed by atoms with Crippen molar-refractivity contribution < 1.29 is 0 Å². The van der Waals surface area contributed by atoms with E-state index in [1.807, 2.05) is 11.3 Å². The van der Waals surface area contributed by atoms with E-state index < -0.39 is 0 Å². The van der Waals surface area contributed by atoms with Crippen LogP contribution in [0.1, 0.15) is 0 Å². The Morgan fingerprint density at radius 1 is 0.368 bits per heavy atom. The van der Waals surface area contributed by atoms with E-state index in [1.54, 1.807) is 0 Å². The molecule has 4 aromatic heterocycles. The molecule has 5 heterocycles. The van der Waals surface area contributed by atoms with Gasteiger partial charge in [0, 0.05) is 64.0 Å². The molecule has 0 bridgehead atoms. The highest BCUT2D eigenvalue weighted by atomic mass is 32.1. The van der Waals surface area contributed by atoms with E-state index in [2.05, 4.69) is 191 Å². The largest absolute Gasteiger partial charge is 0.308 e. The molecule has 0 saturated heterocycles. The third-order valence-electron chi connectivity index (χ3n) is 11.9. The van der Waals surface area contributed by atoms with Crippen molar-refractivity contribution in [1.29, 1.82) is 0 Å². The van der Waals surface area contributed by atoms with Crippen LogP contribution in [0.5, 0.6) is 0 Å². The molecule has 4 nitrogen and oxygen atoms in total. The Kier molecular flexibility index (Phi) is 6.29. The maximum atomic E-state index is 5.53. The minimum Gasteiger partial charge on any atom is -0.308 e.